The molecule has 0 fully saturated rings. The zero-order valence-electron chi connectivity index (χ0n) is 14.1. The monoisotopic (exact) mass is 335 g/mol. The molecular weight excluding hydrogens is 318 g/mol. The van der Waals surface area contributed by atoms with Gasteiger partial charge in [0.05, 0.1) is 11.9 Å². The van der Waals surface area contributed by atoms with Gasteiger partial charge in [0.1, 0.15) is 11.9 Å². The van der Waals surface area contributed by atoms with E-state index in [1.54, 1.807) is 26.4 Å². The Bertz CT molecular complexity index is 963. The highest BCUT2D eigenvalue weighted by Gasteiger charge is 2.34. The second-order valence-corrected chi connectivity index (χ2v) is 6.52. The first kappa shape index (κ1) is 15.3. The summed E-state index contributed by atoms with van der Waals surface area (Å²) in [5, 5.41) is 13.8. The Balaban J connectivity index is 1.73. The van der Waals surface area contributed by atoms with E-state index in [-0.39, 0.29) is 5.91 Å². The Hall–Kier alpha value is -3.29. The molecule has 3 heterocycles. The molecule has 0 bridgehead atoms. The van der Waals surface area contributed by atoms with E-state index in [0.29, 0.717) is 11.6 Å². The minimum absolute atomic E-state index is 0.130. The fourth-order valence-corrected chi connectivity index (χ4v) is 2.76. The Morgan fingerprint density at radius 1 is 1.16 bits per heavy atom. The normalized spacial score (nSPS) is 15.2. The average molecular weight is 335 g/mol. The van der Waals surface area contributed by atoms with Gasteiger partial charge in [0.2, 0.25) is 0 Å². The number of benzene rings is 1. The lowest BCUT2D eigenvalue weighted by atomic mass is 10.0. The van der Waals surface area contributed by atoms with Gasteiger partial charge in [-0.05, 0) is 32.4 Å². The quantitative estimate of drug-likeness (QED) is 0.663. The maximum absolute atomic E-state index is 12.0. The van der Waals surface area contributed by atoms with Crippen molar-refractivity contribution in [1.29, 1.82) is 0 Å². The molecule has 1 aromatic carbocycles. The number of nitrogens with zero attached hydrogens (tertiary/aromatic N) is 4. The number of H-pyrrole nitrogens is 1. The largest absolute Gasteiger partial charge is 0.353 e. The van der Waals surface area contributed by atoms with Crippen LogP contribution in [0.25, 0.3) is 22.6 Å². The summed E-state index contributed by atoms with van der Waals surface area (Å²) in [6.07, 6.45) is 3.21. The fourth-order valence-electron chi connectivity index (χ4n) is 2.76. The smallest absolute Gasteiger partial charge is 0.250 e. The molecule has 0 aliphatic carbocycles. The molecule has 8 nitrogen and oxygen atoms in total. The van der Waals surface area contributed by atoms with Crippen molar-refractivity contribution in [3.05, 3.63) is 36.3 Å². The summed E-state index contributed by atoms with van der Waals surface area (Å²) in [4.78, 5) is 24.0. The fraction of sp³-hybridized carbons (Fsp3) is 0.235. The molecule has 0 unspecified atom stereocenters. The van der Waals surface area contributed by atoms with Gasteiger partial charge in [0, 0.05) is 11.1 Å². The van der Waals surface area contributed by atoms with Crippen LogP contribution in [0.15, 0.2) is 30.7 Å². The van der Waals surface area contributed by atoms with Crippen LogP contribution >= 0.6 is 0 Å². The highest BCUT2D eigenvalue weighted by molar-refractivity contribution is 6.03. The number of aryl methyl sites for hydroxylation is 1. The van der Waals surface area contributed by atoms with Crippen LogP contribution in [0.1, 0.15) is 19.4 Å². The Morgan fingerprint density at radius 2 is 2.00 bits per heavy atom. The lowest BCUT2D eigenvalue weighted by Crippen LogP contribution is -2.48. The van der Waals surface area contributed by atoms with Crippen molar-refractivity contribution in [3.8, 4) is 22.6 Å². The van der Waals surface area contributed by atoms with E-state index < -0.39 is 5.54 Å². The van der Waals surface area contributed by atoms with Gasteiger partial charge in [-0.25, -0.2) is 9.97 Å². The summed E-state index contributed by atoms with van der Waals surface area (Å²) in [5.74, 6) is 1.61. The standard InChI is InChI=1S/C17H17N7O/c1-9-6-10(13-19-8-20-24-13)4-5-11(9)12-7-18-14-15(21-12)23-17(2,3)16(25)22-14/h4-8H,1-3H3,(H,21,23)(H,18,22,25)(H,19,20,24). The second kappa shape index (κ2) is 5.37. The number of hydrogen-bond donors (Lipinski definition) is 3. The number of carbonyl (C=O) groups excluding carboxylic acids is 1. The average Bonchev–Trinajstić information content (AvgIpc) is 3.10. The minimum atomic E-state index is -0.731. The van der Waals surface area contributed by atoms with E-state index in [4.69, 9.17) is 0 Å². The predicted molar refractivity (Wildman–Crippen MR) is 93.9 cm³/mol. The molecule has 0 atom stereocenters. The number of hydrogen-bond acceptors (Lipinski definition) is 6. The summed E-state index contributed by atoms with van der Waals surface area (Å²) in [6.45, 7) is 5.61. The van der Waals surface area contributed by atoms with Crippen molar-refractivity contribution in [3.63, 3.8) is 0 Å². The molecule has 3 aromatic rings. The predicted octanol–water partition coefficient (Wildman–Crippen LogP) is 2.38. The maximum atomic E-state index is 12.0. The molecule has 0 saturated heterocycles. The van der Waals surface area contributed by atoms with Crippen LogP contribution in [0, 0.1) is 6.92 Å². The molecule has 1 aliphatic heterocycles. The molecule has 0 radical (unpaired) electrons. The number of carbonyl (C=O) groups is 1. The third kappa shape index (κ3) is 2.61. The van der Waals surface area contributed by atoms with Gasteiger partial charge in [-0.1, -0.05) is 12.1 Å². The van der Waals surface area contributed by atoms with Crippen LogP contribution in [0.5, 0.6) is 0 Å². The minimum Gasteiger partial charge on any atom is -0.353 e. The molecular formula is C17H17N7O. The molecule has 25 heavy (non-hydrogen) atoms. The molecule has 8 heteroatoms. The van der Waals surface area contributed by atoms with E-state index in [2.05, 4.69) is 35.8 Å². The Kier molecular flexibility index (Phi) is 3.28. The molecule has 126 valence electrons. The number of aromatic nitrogens is 5. The van der Waals surface area contributed by atoms with Crippen LogP contribution in [0.4, 0.5) is 11.6 Å². The van der Waals surface area contributed by atoms with Crippen molar-refractivity contribution in [1.82, 2.24) is 25.1 Å². The van der Waals surface area contributed by atoms with Crippen molar-refractivity contribution < 1.29 is 4.79 Å². The lowest BCUT2D eigenvalue weighted by Gasteiger charge is -2.31. The van der Waals surface area contributed by atoms with Crippen LogP contribution in [0.3, 0.4) is 0 Å². The molecule has 1 aliphatic rings. The Labute approximate surface area is 144 Å². The van der Waals surface area contributed by atoms with Gasteiger partial charge >= 0.3 is 0 Å². The van der Waals surface area contributed by atoms with Crippen molar-refractivity contribution in [2.75, 3.05) is 10.6 Å². The second-order valence-electron chi connectivity index (χ2n) is 6.52. The molecule has 2 aromatic heterocycles. The topological polar surface area (TPSA) is 108 Å². The van der Waals surface area contributed by atoms with Gasteiger partial charge in [0.25, 0.3) is 5.91 Å². The van der Waals surface area contributed by atoms with E-state index in [1.807, 2.05) is 25.1 Å². The highest BCUT2D eigenvalue weighted by atomic mass is 16.2. The first-order valence-electron chi connectivity index (χ1n) is 7.88. The van der Waals surface area contributed by atoms with E-state index in [9.17, 15) is 4.79 Å². The number of rotatable bonds is 2. The molecule has 1 amide bonds. The highest BCUT2D eigenvalue weighted by Crippen LogP contribution is 2.31. The summed E-state index contributed by atoms with van der Waals surface area (Å²) < 4.78 is 0. The molecule has 3 N–H and O–H groups in total. The molecule has 4 rings (SSSR count). The first-order valence-corrected chi connectivity index (χ1v) is 7.88. The lowest BCUT2D eigenvalue weighted by molar-refractivity contribution is -0.119. The first-order chi connectivity index (χ1) is 11.9. The SMILES string of the molecule is Cc1cc(-c2nnc[nH]2)ccc1-c1cnc2c(n1)NC(C)(C)C(=O)N2. The number of fused-ring (bicyclic) bond motifs is 1. The van der Waals surface area contributed by atoms with Crippen LogP contribution in [0.2, 0.25) is 0 Å². The molecule has 0 spiro atoms. The molecule has 0 saturated carbocycles. The summed E-state index contributed by atoms with van der Waals surface area (Å²) in [6, 6.07) is 5.97. The number of nitrogens with one attached hydrogen (secondary N) is 3. The van der Waals surface area contributed by atoms with Gasteiger partial charge in [-0.15, -0.1) is 10.2 Å². The van der Waals surface area contributed by atoms with Crippen LogP contribution in [-0.2, 0) is 4.79 Å². The van der Waals surface area contributed by atoms with Gasteiger partial charge in [0.15, 0.2) is 17.5 Å². The number of amides is 1. The van der Waals surface area contributed by atoms with Crippen LogP contribution in [-0.4, -0.2) is 36.6 Å². The summed E-state index contributed by atoms with van der Waals surface area (Å²) >= 11 is 0. The van der Waals surface area contributed by atoms with E-state index >= 15 is 0 Å². The zero-order chi connectivity index (χ0) is 17.6. The van der Waals surface area contributed by atoms with E-state index in [0.717, 1.165) is 28.2 Å². The van der Waals surface area contributed by atoms with Crippen LogP contribution < -0.4 is 10.6 Å². The maximum Gasteiger partial charge on any atom is 0.250 e. The number of anilines is 2. The Morgan fingerprint density at radius 3 is 2.72 bits per heavy atom. The zero-order valence-corrected chi connectivity index (χ0v) is 14.1. The summed E-state index contributed by atoms with van der Waals surface area (Å²) in [5.41, 5.74) is 2.97. The van der Waals surface area contributed by atoms with Gasteiger partial charge in [-0.2, -0.15) is 0 Å². The van der Waals surface area contributed by atoms with Crippen molar-refractivity contribution in [2.24, 2.45) is 0 Å². The van der Waals surface area contributed by atoms with Crippen molar-refractivity contribution >= 4 is 17.5 Å². The third-order valence-electron chi connectivity index (χ3n) is 4.20. The summed E-state index contributed by atoms with van der Waals surface area (Å²) in [7, 11) is 0. The van der Waals surface area contributed by atoms with Crippen molar-refractivity contribution in [2.45, 2.75) is 26.3 Å². The van der Waals surface area contributed by atoms with Gasteiger partial charge in [-0.3, -0.25) is 4.79 Å². The van der Waals surface area contributed by atoms with E-state index in [1.165, 1.54) is 0 Å². The third-order valence-corrected chi connectivity index (χ3v) is 4.20. The van der Waals surface area contributed by atoms with Gasteiger partial charge < -0.3 is 15.6 Å². The number of aromatic amines is 1.